The fraction of sp³-hybridized carbons (Fsp3) is 0.154. The first-order valence-electron chi connectivity index (χ1n) is 11.8. The molecule has 36 heavy (non-hydrogen) atoms. The largest absolute Gasteiger partial charge is 0.336 e. The monoisotopic (exact) mass is 490 g/mol. The van der Waals surface area contributed by atoms with Crippen molar-refractivity contribution in [1.29, 1.82) is 0 Å². The average molecular weight is 491 g/mol. The van der Waals surface area contributed by atoms with E-state index in [-0.39, 0.29) is 11.8 Å². The maximum atomic E-state index is 13.7. The number of nitrogens with zero attached hydrogens (tertiary/aromatic N) is 6. The predicted octanol–water partition coefficient (Wildman–Crippen LogP) is 5.66. The molecule has 0 saturated heterocycles. The third kappa shape index (κ3) is 2.81. The van der Waals surface area contributed by atoms with Crippen molar-refractivity contribution in [2.45, 2.75) is 19.3 Å². The van der Waals surface area contributed by atoms with Crippen molar-refractivity contribution in [1.82, 2.24) is 39.7 Å². The molecule has 0 aliphatic heterocycles. The molecule has 2 N–H and O–H groups in total. The first kappa shape index (κ1) is 19.8. The van der Waals surface area contributed by atoms with E-state index in [0.29, 0.717) is 16.8 Å². The second kappa shape index (κ2) is 7.28. The van der Waals surface area contributed by atoms with E-state index < -0.39 is 0 Å². The highest BCUT2D eigenvalue weighted by Crippen LogP contribution is 2.32. The summed E-state index contributed by atoms with van der Waals surface area (Å²) in [6.45, 7) is 0. The molecule has 7 heterocycles. The number of imidazole rings is 1. The molecule has 0 amide bonds. The molecule has 0 radical (unpaired) electrons. The van der Waals surface area contributed by atoms with Crippen molar-refractivity contribution in [3.8, 4) is 0 Å². The minimum absolute atomic E-state index is 0.0308. The van der Waals surface area contributed by atoms with Gasteiger partial charge >= 0.3 is 0 Å². The minimum atomic E-state index is 0.0308. The number of thiophene rings is 1. The lowest BCUT2D eigenvalue weighted by Gasteiger charge is -2.24. The van der Waals surface area contributed by atoms with E-state index in [2.05, 4.69) is 30.1 Å². The molecule has 0 atom stereocenters. The minimum Gasteiger partial charge on any atom is -0.336 e. The van der Waals surface area contributed by atoms with Crippen LogP contribution in [-0.2, 0) is 0 Å². The van der Waals surface area contributed by atoms with Crippen molar-refractivity contribution in [3.63, 3.8) is 0 Å². The molecule has 1 fully saturated rings. The zero-order chi connectivity index (χ0) is 23.8. The van der Waals surface area contributed by atoms with Crippen LogP contribution in [0.15, 0.2) is 55.1 Å². The van der Waals surface area contributed by atoms with E-state index in [0.717, 1.165) is 67.0 Å². The lowest BCUT2D eigenvalue weighted by Crippen LogP contribution is -2.27. The van der Waals surface area contributed by atoms with E-state index >= 15 is 0 Å². The Morgan fingerprint density at radius 2 is 1.89 bits per heavy atom. The van der Waals surface area contributed by atoms with Gasteiger partial charge in [0.15, 0.2) is 11.3 Å². The number of nitrogens with one attached hydrogen (secondary N) is 2. The molecule has 8 rings (SSSR count). The van der Waals surface area contributed by atoms with Crippen LogP contribution in [0.4, 0.5) is 0 Å². The summed E-state index contributed by atoms with van der Waals surface area (Å²) in [6, 6.07) is 9.96. The van der Waals surface area contributed by atoms with Gasteiger partial charge < -0.3 is 4.98 Å². The fourth-order valence-corrected chi connectivity index (χ4v) is 5.98. The van der Waals surface area contributed by atoms with Crippen molar-refractivity contribution in [3.05, 3.63) is 55.1 Å². The zero-order valence-corrected chi connectivity index (χ0v) is 19.7. The molecule has 0 spiro atoms. The van der Waals surface area contributed by atoms with Crippen molar-refractivity contribution >= 4 is 81.8 Å². The normalized spacial score (nSPS) is 14.3. The Bertz CT molecular complexity index is 2080. The van der Waals surface area contributed by atoms with Gasteiger partial charge in [-0.05, 0) is 43.2 Å². The molecule has 7 aromatic heterocycles. The van der Waals surface area contributed by atoms with Gasteiger partial charge in [-0.2, -0.15) is 5.10 Å². The Morgan fingerprint density at radius 3 is 2.78 bits per heavy atom. The van der Waals surface area contributed by atoms with Crippen molar-refractivity contribution < 1.29 is 4.79 Å². The number of fused-ring (bicyclic) bond motifs is 9. The summed E-state index contributed by atoms with van der Waals surface area (Å²) in [5.74, 6) is 0.139. The van der Waals surface area contributed by atoms with E-state index in [1.807, 2.05) is 34.9 Å². The van der Waals surface area contributed by atoms with Gasteiger partial charge in [0.25, 0.3) is 0 Å². The summed E-state index contributed by atoms with van der Waals surface area (Å²) in [7, 11) is 0. The summed E-state index contributed by atoms with van der Waals surface area (Å²) in [6.07, 6.45) is 10.0. The fourth-order valence-electron chi connectivity index (χ4n) is 4.95. The van der Waals surface area contributed by atoms with Crippen LogP contribution in [-0.4, -0.2) is 45.6 Å². The Hall–Kier alpha value is -4.44. The van der Waals surface area contributed by atoms with Crippen molar-refractivity contribution in [2.75, 3.05) is 0 Å². The number of carbonyl (C=O) groups is 1. The smallest absolute Gasteiger partial charge is 0.235 e. The number of hydrogen-bond acceptors (Lipinski definition) is 7. The van der Waals surface area contributed by atoms with Crippen LogP contribution < -0.4 is 0 Å². The molecule has 0 aromatic carbocycles. The van der Waals surface area contributed by atoms with Gasteiger partial charge in [-0.1, -0.05) is 6.42 Å². The standard InChI is InChI=1S/C26H18N8OS/c35-26(13-2-1-3-13)34-16-8-14(10-27-12-16)15-9-17-21(32-33-24(17)29-11-15)25-30-18-6-7-28-23(22(18)31-25)19-4-5-20(34)36-19/h4-13H,1-3H2,(H,30,31)(H,29,32,33). The summed E-state index contributed by atoms with van der Waals surface area (Å²) in [5.41, 5.74) is 5.14. The van der Waals surface area contributed by atoms with E-state index in [9.17, 15) is 4.79 Å². The van der Waals surface area contributed by atoms with Crippen LogP contribution in [0.2, 0.25) is 0 Å². The molecule has 8 bridgehead atoms. The number of aromatic nitrogens is 8. The topological polar surface area (TPSA) is 118 Å². The van der Waals surface area contributed by atoms with E-state index in [1.54, 1.807) is 24.8 Å². The highest BCUT2D eigenvalue weighted by molar-refractivity contribution is 7.24. The molecule has 174 valence electrons. The molecule has 10 heteroatoms. The van der Waals surface area contributed by atoms with Crippen LogP contribution in [0, 0.1) is 5.92 Å². The van der Waals surface area contributed by atoms with E-state index in [4.69, 9.17) is 4.98 Å². The summed E-state index contributed by atoms with van der Waals surface area (Å²) >= 11 is 1.53. The average Bonchev–Trinajstić information content (AvgIpc) is 3.60. The van der Waals surface area contributed by atoms with Gasteiger partial charge in [0.1, 0.15) is 21.4 Å². The van der Waals surface area contributed by atoms with Crippen LogP contribution >= 0.6 is 11.3 Å². The Morgan fingerprint density at radius 1 is 0.972 bits per heavy atom. The first-order valence-corrected chi connectivity index (χ1v) is 12.6. The van der Waals surface area contributed by atoms with Gasteiger partial charge in [0.05, 0.1) is 27.3 Å². The number of hydrogen-bond donors (Lipinski definition) is 2. The number of carbonyl (C=O) groups excluding carboxylic acids is 1. The highest BCUT2D eigenvalue weighted by atomic mass is 32.1. The second-order valence-electron chi connectivity index (χ2n) is 9.20. The van der Waals surface area contributed by atoms with Crippen LogP contribution in [0.5, 0.6) is 0 Å². The second-order valence-corrected chi connectivity index (χ2v) is 10.3. The first-order chi connectivity index (χ1) is 17.7. The van der Waals surface area contributed by atoms with Crippen LogP contribution in [0.1, 0.15) is 24.1 Å². The van der Waals surface area contributed by atoms with Gasteiger partial charge in [0.2, 0.25) is 5.91 Å². The van der Waals surface area contributed by atoms with E-state index in [1.165, 1.54) is 11.3 Å². The van der Waals surface area contributed by atoms with Crippen LogP contribution in [0.3, 0.4) is 0 Å². The molecule has 7 aromatic rings. The number of H-pyrrole nitrogens is 2. The third-order valence-electron chi connectivity index (χ3n) is 7.08. The lowest BCUT2D eigenvalue weighted by molar-refractivity contribution is 0.0776. The molecular formula is C26H18N8OS. The number of aromatic amines is 2. The summed E-state index contributed by atoms with van der Waals surface area (Å²) < 4.78 is 2.76. The lowest BCUT2D eigenvalue weighted by atomic mass is 9.84. The zero-order valence-electron chi connectivity index (χ0n) is 18.9. The van der Waals surface area contributed by atoms with Crippen LogP contribution in [0.25, 0.3) is 64.6 Å². The quantitative estimate of drug-likeness (QED) is 0.306. The molecule has 9 nitrogen and oxygen atoms in total. The molecular weight excluding hydrogens is 472 g/mol. The number of rotatable bonds is 1. The van der Waals surface area contributed by atoms with Gasteiger partial charge in [-0.3, -0.25) is 24.4 Å². The maximum absolute atomic E-state index is 13.7. The molecule has 1 aliphatic rings. The van der Waals surface area contributed by atoms with Gasteiger partial charge in [-0.15, -0.1) is 11.3 Å². The number of pyridine rings is 3. The Labute approximate surface area is 206 Å². The van der Waals surface area contributed by atoms with Gasteiger partial charge in [-0.25, -0.2) is 9.97 Å². The maximum Gasteiger partial charge on any atom is 0.235 e. The summed E-state index contributed by atoms with van der Waals surface area (Å²) in [4.78, 5) is 36.6. The highest BCUT2D eigenvalue weighted by Gasteiger charge is 2.27. The Balaban J connectivity index is 1.62. The third-order valence-corrected chi connectivity index (χ3v) is 8.15. The molecule has 0 unspecified atom stereocenters. The summed E-state index contributed by atoms with van der Waals surface area (Å²) in [5, 5.41) is 10.1. The Kier molecular flexibility index (Phi) is 4.01. The molecule has 1 aliphatic carbocycles. The predicted molar refractivity (Wildman–Crippen MR) is 141 cm³/mol. The van der Waals surface area contributed by atoms with Crippen molar-refractivity contribution in [2.24, 2.45) is 5.92 Å². The van der Waals surface area contributed by atoms with Gasteiger partial charge in [0, 0.05) is 35.3 Å². The SMILES string of the molecule is O=C(C1CCC1)n1c2cncc(c2)c2cnc3[nH]nc(c4nc5c(ccnc5c5ccc1s5)[nH]4)c3c2. The molecule has 1 saturated carbocycles.